The van der Waals surface area contributed by atoms with Crippen LogP contribution in [0.5, 0.6) is 0 Å². The van der Waals surface area contributed by atoms with Crippen LogP contribution in [0.3, 0.4) is 0 Å². The first-order valence-electron chi connectivity index (χ1n) is 17.1. The third kappa shape index (κ3) is 4.56. The number of rotatable bonds is 4. The molecular weight excluding hydrogens is 560 g/mol. The van der Waals surface area contributed by atoms with Crippen LogP contribution in [-0.4, -0.2) is 19.9 Å². The quantitative estimate of drug-likeness (QED) is 0.191. The van der Waals surface area contributed by atoms with Gasteiger partial charge in [0.05, 0.1) is 50.3 Å². The van der Waals surface area contributed by atoms with Gasteiger partial charge in [-0.2, -0.15) is 0 Å². The van der Waals surface area contributed by atoms with Crippen molar-refractivity contribution in [3.8, 4) is 45.0 Å². The molecule has 0 spiro atoms. The summed E-state index contributed by atoms with van der Waals surface area (Å²) in [6.07, 6.45) is 0. The summed E-state index contributed by atoms with van der Waals surface area (Å²) in [5.74, 6) is 0. The second-order valence-electron chi connectivity index (χ2n) is 11.2. The summed E-state index contributed by atoms with van der Waals surface area (Å²) in [7, 11) is 0. The smallest absolute Gasteiger partial charge is 0.0972 e. The number of aromatic nitrogens is 4. The minimum Gasteiger partial charge on any atom is -0.245 e. The highest BCUT2D eigenvalue weighted by Gasteiger charge is 2.12. The molecule has 9 aromatic rings. The molecule has 0 atom stereocenters. The predicted octanol–water partition coefficient (Wildman–Crippen LogP) is 10.5. The Labute approximate surface area is 271 Å². The lowest BCUT2D eigenvalue weighted by Crippen LogP contribution is -1.92. The van der Waals surface area contributed by atoms with Crippen molar-refractivity contribution in [3.63, 3.8) is 0 Å². The highest BCUT2D eigenvalue weighted by molar-refractivity contribution is 6.05. The molecule has 0 aliphatic heterocycles. The van der Waals surface area contributed by atoms with Crippen LogP contribution in [-0.2, 0) is 0 Å². The fourth-order valence-corrected chi connectivity index (χ4v) is 5.95. The van der Waals surface area contributed by atoms with E-state index in [4.69, 9.17) is 24.0 Å². The molecular formula is C42H26N4. The second-order valence-corrected chi connectivity index (χ2v) is 11.2. The Bertz CT molecular complexity index is 2620. The number of hydrogen-bond acceptors (Lipinski definition) is 4. The Balaban J connectivity index is 1.24. The molecule has 0 saturated heterocycles. The molecule has 214 valence electrons. The second kappa shape index (κ2) is 10.7. The molecule has 0 aliphatic carbocycles. The highest BCUT2D eigenvalue weighted by Crippen LogP contribution is 2.32. The zero-order chi connectivity index (χ0) is 33.9. The van der Waals surface area contributed by atoms with Gasteiger partial charge in [0.1, 0.15) is 0 Å². The van der Waals surface area contributed by atoms with Gasteiger partial charge in [-0.15, -0.1) is 0 Å². The molecule has 4 aromatic heterocycles. The van der Waals surface area contributed by atoms with Crippen LogP contribution < -0.4 is 0 Å². The van der Waals surface area contributed by atoms with Crippen LogP contribution in [0.15, 0.2) is 158 Å². The first-order valence-corrected chi connectivity index (χ1v) is 15.1. The van der Waals surface area contributed by atoms with E-state index in [1.807, 2.05) is 121 Å². The van der Waals surface area contributed by atoms with Gasteiger partial charge >= 0.3 is 0 Å². The molecule has 0 fully saturated rings. The van der Waals surface area contributed by atoms with Crippen molar-refractivity contribution in [2.75, 3.05) is 0 Å². The van der Waals surface area contributed by atoms with E-state index in [1.165, 1.54) is 0 Å². The molecule has 4 nitrogen and oxygen atoms in total. The van der Waals surface area contributed by atoms with Gasteiger partial charge in [0.2, 0.25) is 0 Å². The van der Waals surface area contributed by atoms with Gasteiger partial charge in [0, 0.05) is 43.8 Å². The molecule has 0 aliphatic rings. The van der Waals surface area contributed by atoms with Crippen molar-refractivity contribution in [2.24, 2.45) is 0 Å². The van der Waals surface area contributed by atoms with Gasteiger partial charge in [-0.05, 0) is 30.3 Å². The van der Waals surface area contributed by atoms with E-state index in [0.29, 0.717) is 33.5 Å². The molecule has 0 saturated carbocycles. The molecule has 4 heteroatoms. The van der Waals surface area contributed by atoms with Crippen LogP contribution in [0.1, 0.15) is 5.48 Å². The number of nitrogens with zero attached hydrogens (tertiary/aromatic N) is 4. The summed E-state index contributed by atoms with van der Waals surface area (Å²) < 4.78 is 36.1. The maximum absolute atomic E-state index is 9.40. The van der Waals surface area contributed by atoms with E-state index in [-0.39, 0.29) is 35.3 Å². The van der Waals surface area contributed by atoms with Crippen molar-refractivity contribution in [1.82, 2.24) is 19.9 Å². The third-order valence-electron chi connectivity index (χ3n) is 8.32. The number of pyridine rings is 4. The Kier molecular flexibility index (Phi) is 5.19. The van der Waals surface area contributed by atoms with E-state index in [2.05, 4.69) is 0 Å². The van der Waals surface area contributed by atoms with Gasteiger partial charge in [0.25, 0.3) is 0 Å². The first kappa shape index (κ1) is 22.3. The zero-order valence-corrected chi connectivity index (χ0v) is 24.5. The van der Waals surface area contributed by atoms with Gasteiger partial charge in [-0.3, -0.25) is 0 Å². The monoisotopic (exact) mass is 590 g/mol. The highest BCUT2D eigenvalue weighted by atomic mass is 14.8. The van der Waals surface area contributed by atoms with Gasteiger partial charge in [0.15, 0.2) is 0 Å². The summed E-state index contributed by atoms with van der Waals surface area (Å²) in [5, 5.41) is 3.56. The number of hydrogen-bond donors (Lipinski definition) is 0. The summed E-state index contributed by atoms with van der Waals surface area (Å²) >= 11 is 0. The van der Waals surface area contributed by atoms with Gasteiger partial charge in [-0.25, -0.2) is 19.9 Å². The lowest BCUT2D eigenvalue weighted by molar-refractivity contribution is 1.35. The van der Waals surface area contributed by atoms with Crippen LogP contribution in [0.25, 0.3) is 88.6 Å². The molecule has 0 N–H and O–H groups in total. The molecule has 0 unspecified atom stereocenters. The van der Waals surface area contributed by atoms with E-state index in [9.17, 15) is 1.37 Å². The Hall–Kier alpha value is -6.26. The van der Waals surface area contributed by atoms with Crippen molar-refractivity contribution >= 4 is 43.6 Å². The average molecular weight is 591 g/mol. The molecule has 5 aromatic carbocycles. The van der Waals surface area contributed by atoms with Crippen molar-refractivity contribution in [3.05, 3.63) is 158 Å². The maximum atomic E-state index is 9.40. The van der Waals surface area contributed by atoms with E-state index < -0.39 is 0 Å². The SMILES string of the molecule is [2H]c1c([2H])c(-c2ccc3ccc4ccc(-c5ccccc5)nc4c3n2)c([2H])c(-c2ccc3ccc4ccc(-c5ccccc5)nc4c3n2)c1[2H]. The minimum absolute atomic E-state index is 0.0777. The molecule has 4 heterocycles. The van der Waals surface area contributed by atoms with Crippen molar-refractivity contribution in [1.29, 1.82) is 0 Å². The Morgan fingerprint density at radius 3 is 0.978 bits per heavy atom. The number of fused-ring (bicyclic) bond motifs is 6. The molecule has 0 amide bonds. The third-order valence-corrected chi connectivity index (χ3v) is 8.32. The summed E-state index contributed by atoms with van der Waals surface area (Å²) in [4.78, 5) is 20.0. The van der Waals surface area contributed by atoms with Gasteiger partial charge in [-0.1, -0.05) is 127 Å². The largest absolute Gasteiger partial charge is 0.245 e. The maximum Gasteiger partial charge on any atom is 0.0972 e. The van der Waals surface area contributed by atoms with E-state index in [0.717, 1.165) is 44.1 Å². The normalized spacial score (nSPS) is 12.7. The number of benzene rings is 5. The predicted molar refractivity (Wildman–Crippen MR) is 189 cm³/mol. The lowest BCUT2D eigenvalue weighted by atomic mass is 10.0. The molecule has 9 rings (SSSR count). The summed E-state index contributed by atoms with van der Waals surface area (Å²) in [6.45, 7) is 0. The Morgan fingerprint density at radius 1 is 0.326 bits per heavy atom. The van der Waals surface area contributed by atoms with Crippen LogP contribution in [0.2, 0.25) is 0 Å². The van der Waals surface area contributed by atoms with Crippen molar-refractivity contribution in [2.45, 2.75) is 0 Å². The molecule has 46 heavy (non-hydrogen) atoms. The Morgan fingerprint density at radius 2 is 0.630 bits per heavy atom. The lowest BCUT2D eigenvalue weighted by Gasteiger charge is -2.10. The fraction of sp³-hybridized carbons (Fsp3) is 0. The minimum atomic E-state index is -0.292. The molecule has 0 radical (unpaired) electrons. The standard InChI is InChI=1S/C42H26N4/c1-3-8-27(9-4-1)35-22-18-29-14-16-31-20-24-37(45-41(31)39(29)43-35)33-12-7-13-34(26-33)38-25-21-32-17-15-30-19-23-36(28-10-5-2-6-11-28)44-40(30)42(32)46-38/h1-26H/i7D,12D,13D,26D. The summed E-state index contributed by atoms with van der Waals surface area (Å²) in [6, 6.07) is 42.4. The van der Waals surface area contributed by atoms with Crippen LogP contribution >= 0.6 is 0 Å². The summed E-state index contributed by atoms with van der Waals surface area (Å²) in [5.41, 5.74) is 7.35. The van der Waals surface area contributed by atoms with E-state index >= 15 is 0 Å². The fourth-order valence-electron chi connectivity index (χ4n) is 5.95. The first-order chi connectivity index (χ1) is 24.4. The average Bonchev–Trinajstić information content (AvgIpc) is 3.17. The van der Waals surface area contributed by atoms with Crippen molar-refractivity contribution < 1.29 is 5.48 Å². The molecule has 0 bridgehead atoms. The van der Waals surface area contributed by atoms with Crippen LogP contribution in [0, 0.1) is 0 Å². The van der Waals surface area contributed by atoms with E-state index in [1.54, 1.807) is 12.1 Å². The van der Waals surface area contributed by atoms with Crippen LogP contribution in [0.4, 0.5) is 0 Å². The topological polar surface area (TPSA) is 51.6 Å². The zero-order valence-electron chi connectivity index (χ0n) is 28.5. The van der Waals surface area contributed by atoms with Gasteiger partial charge < -0.3 is 0 Å².